The van der Waals surface area contributed by atoms with Gasteiger partial charge in [0, 0.05) is 13.7 Å². The number of rotatable bonds is 7. The number of amides is 2. The number of methoxy groups -OCH3 is 1. The van der Waals surface area contributed by atoms with Gasteiger partial charge >= 0.3 is 12.0 Å². The molecule has 3 N–H and O–H groups in total. The number of aliphatic carboxylic acids is 1. The maximum atomic E-state index is 11.5. The molecule has 1 rings (SSSR count). The molecule has 0 fully saturated rings. The Morgan fingerprint density at radius 2 is 2.21 bits per heavy atom. The SMILES string of the molecule is CCc1nnc(NC(=O)NCC(CC(=O)O)OC)s1. The summed E-state index contributed by atoms with van der Waals surface area (Å²) >= 11 is 1.29. The van der Waals surface area contributed by atoms with E-state index in [2.05, 4.69) is 20.8 Å². The predicted octanol–water partition coefficient (Wildman–Crippen LogP) is 0.712. The minimum absolute atomic E-state index is 0.105. The van der Waals surface area contributed by atoms with E-state index in [4.69, 9.17) is 9.84 Å². The summed E-state index contributed by atoms with van der Waals surface area (Å²) < 4.78 is 4.93. The van der Waals surface area contributed by atoms with E-state index in [0.717, 1.165) is 11.4 Å². The average Bonchev–Trinajstić information content (AvgIpc) is 2.81. The second-order valence-corrected chi connectivity index (χ2v) is 4.71. The van der Waals surface area contributed by atoms with Crippen LogP contribution in [0, 0.1) is 0 Å². The number of hydrogen-bond donors (Lipinski definition) is 3. The zero-order valence-corrected chi connectivity index (χ0v) is 11.5. The third-order valence-electron chi connectivity index (χ3n) is 2.22. The first-order chi connectivity index (χ1) is 9.05. The van der Waals surface area contributed by atoms with Crippen LogP contribution < -0.4 is 10.6 Å². The van der Waals surface area contributed by atoms with Crippen LogP contribution >= 0.6 is 11.3 Å². The summed E-state index contributed by atoms with van der Waals surface area (Å²) in [5.41, 5.74) is 0. The van der Waals surface area contributed by atoms with Gasteiger partial charge in [0.15, 0.2) is 0 Å². The van der Waals surface area contributed by atoms with E-state index < -0.39 is 18.1 Å². The van der Waals surface area contributed by atoms with Gasteiger partial charge in [-0.15, -0.1) is 10.2 Å². The average molecular weight is 288 g/mol. The minimum atomic E-state index is -0.981. The standard InChI is InChI=1S/C10H16N4O4S/c1-3-7-13-14-10(19-7)12-9(17)11-5-6(18-2)4-8(15)16/h6H,3-5H2,1-2H3,(H,15,16)(H2,11,12,14,17). The summed E-state index contributed by atoms with van der Waals surface area (Å²) in [5, 5.41) is 22.5. The lowest BCUT2D eigenvalue weighted by Crippen LogP contribution is -2.37. The predicted molar refractivity (Wildman–Crippen MR) is 69.4 cm³/mol. The summed E-state index contributed by atoms with van der Waals surface area (Å²) in [4.78, 5) is 22.0. The highest BCUT2D eigenvalue weighted by atomic mass is 32.1. The van der Waals surface area contributed by atoms with Crippen molar-refractivity contribution in [1.29, 1.82) is 0 Å². The van der Waals surface area contributed by atoms with Gasteiger partial charge in [-0.2, -0.15) is 0 Å². The van der Waals surface area contributed by atoms with Gasteiger partial charge in [0.1, 0.15) is 5.01 Å². The Kier molecular flexibility index (Phi) is 6.16. The molecule has 0 spiro atoms. The molecule has 0 aliphatic heterocycles. The van der Waals surface area contributed by atoms with Crippen LogP contribution in [0.1, 0.15) is 18.4 Å². The lowest BCUT2D eigenvalue weighted by Gasteiger charge is -2.13. The molecule has 0 radical (unpaired) electrons. The number of carboxylic acid groups (broad SMARTS) is 1. The third kappa shape index (κ3) is 5.62. The molecule has 1 aromatic heterocycles. The third-order valence-corrected chi connectivity index (χ3v) is 3.20. The summed E-state index contributed by atoms with van der Waals surface area (Å²) in [5.74, 6) is -0.981. The van der Waals surface area contributed by atoms with E-state index in [1.165, 1.54) is 18.4 Å². The number of aryl methyl sites for hydroxylation is 1. The highest BCUT2D eigenvalue weighted by Gasteiger charge is 2.14. The monoisotopic (exact) mass is 288 g/mol. The van der Waals surface area contributed by atoms with Gasteiger partial charge in [0.05, 0.1) is 12.5 Å². The Hall–Kier alpha value is -1.74. The number of urea groups is 1. The van der Waals surface area contributed by atoms with Crippen LogP contribution in [0.2, 0.25) is 0 Å². The first-order valence-electron chi connectivity index (χ1n) is 5.67. The zero-order valence-electron chi connectivity index (χ0n) is 10.7. The summed E-state index contributed by atoms with van der Waals surface area (Å²) in [6.45, 7) is 2.05. The van der Waals surface area contributed by atoms with Gasteiger partial charge in [-0.3, -0.25) is 10.1 Å². The molecule has 19 heavy (non-hydrogen) atoms. The number of aromatic nitrogens is 2. The maximum absolute atomic E-state index is 11.5. The molecule has 1 heterocycles. The van der Waals surface area contributed by atoms with E-state index >= 15 is 0 Å². The van der Waals surface area contributed by atoms with E-state index in [1.54, 1.807) is 0 Å². The van der Waals surface area contributed by atoms with E-state index in [9.17, 15) is 9.59 Å². The topological polar surface area (TPSA) is 113 Å². The molecule has 1 aromatic rings. The van der Waals surface area contributed by atoms with Crippen LogP contribution in [-0.2, 0) is 16.0 Å². The molecule has 106 valence electrons. The van der Waals surface area contributed by atoms with Crippen LogP contribution in [0.4, 0.5) is 9.93 Å². The van der Waals surface area contributed by atoms with Crippen molar-refractivity contribution in [2.45, 2.75) is 25.9 Å². The number of hydrogen-bond acceptors (Lipinski definition) is 6. The molecule has 0 saturated heterocycles. The van der Waals surface area contributed by atoms with Gasteiger partial charge in [-0.25, -0.2) is 4.79 Å². The fourth-order valence-corrected chi connectivity index (χ4v) is 1.90. The number of nitrogens with one attached hydrogen (secondary N) is 2. The molecule has 1 atom stereocenters. The van der Waals surface area contributed by atoms with Gasteiger partial charge < -0.3 is 15.2 Å². The highest BCUT2D eigenvalue weighted by molar-refractivity contribution is 7.15. The molecule has 0 aliphatic rings. The molecule has 8 nitrogen and oxygen atoms in total. The Labute approximate surface area is 114 Å². The molecule has 9 heteroatoms. The van der Waals surface area contributed by atoms with Gasteiger partial charge in [0.25, 0.3) is 0 Å². The van der Waals surface area contributed by atoms with Crippen LogP contribution in [0.25, 0.3) is 0 Å². The number of carbonyl (C=O) groups excluding carboxylic acids is 1. The normalized spacial score (nSPS) is 11.9. The quantitative estimate of drug-likeness (QED) is 0.681. The van der Waals surface area contributed by atoms with Crippen molar-refractivity contribution in [3.8, 4) is 0 Å². The number of nitrogens with zero attached hydrogens (tertiary/aromatic N) is 2. The molecule has 0 aromatic carbocycles. The van der Waals surface area contributed by atoms with Gasteiger partial charge in [-0.1, -0.05) is 18.3 Å². The largest absolute Gasteiger partial charge is 0.481 e. The Balaban J connectivity index is 2.36. The first kappa shape index (κ1) is 15.3. The summed E-state index contributed by atoms with van der Waals surface area (Å²) in [7, 11) is 1.39. The van der Waals surface area contributed by atoms with Crippen molar-refractivity contribution in [3.63, 3.8) is 0 Å². The molecule has 1 unspecified atom stereocenters. The van der Waals surface area contributed by atoms with Crippen LogP contribution in [0.15, 0.2) is 0 Å². The fourth-order valence-electron chi connectivity index (χ4n) is 1.23. The van der Waals surface area contributed by atoms with Crippen molar-refractivity contribution >= 4 is 28.5 Å². The van der Waals surface area contributed by atoms with Gasteiger partial charge in [0.2, 0.25) is 5.13 Å². The Bertz CT molecular complexity index is 437. The molecular weight excluding hydrogens is 272 g/mol. The number of ether oxygens (including phenoxy) is 1. The second-order valence-electron chi connectivity index (χ2n) is 3.65. The second kappa shape index (κ2) is 7.64. The van der Waals surface area contributed by atoms with Crippen molar-refractivity contribution in [1.82, 2.24) is 15.5 Å². The van der Waals surface area contributed by atoms with E-state index in [0.29, 0.717) is 5.13 Å². The highest BCUT2D eigenvalue weighted by Crippen LogP contribution is 2.14. The van der Waals surface area contributed by atoms with Crippen molar-refractivity contribution in [2.24, 2.45) is 0 Å². The molecule has 0 bridgehead atoms. The van der Waals surface area contributed by atoms with E-state index in [1.807, 2.05) is 6.92 Å². The van der Waals surface area contributed by atoms with Crippen molar-refractivity contribution < 1.29 is 19.4 Å². The fraction of sp³-hybridized carbons (Fsp3) is 0.600. The summed E-state index contributed by atoms with van der Waals surface area (Å²) in [6, 6.07) is -0.466. The van der Waals surface area contributed by atoms with Crippen LogP contribution in [0.3, 0.4) is 0 Å². The van der Waals surface area contributed by atoms with E-state index in [-0.39, 0.29) is 13.0 Å². The van der Waals surface area contributed by atoms with Gasteiger partial charge in [-0.05, 0) is 6.42 Å². The Morgan fingerprint density at radius 1 is 1.47 bits per heavy atom. The van der Waals surface area contributed by atoms with Crippen molar-refractivity contribution in [3.05, 3.63) is 5.01 Å². The first-order valence-corrected chi connectivity index (χ1v) is 6.48. The Morgan fingerprint density at radius 3 is 2.74 bits per heavy atom. The van der Waals surface area contributed by atoms with Crippen LogP contribution in [-0.4, -0.2) is 47.1 Å². The lowest BCUT2D eigenvalue weighted by atomic mass is 10.2. The number of carbonyl (C=O) groups is 2. The minimum Gasteiger partial charge on any atom is -0.481 e. The number of carboxylic acids is 1. The van der Waals surface area contributed by atoms with Crippen LogP contribution in [0.5, 0.6) is 0 Å². The molecule has 0 aliphatic carbocycles. The molecular formula is C10H16N4O4S. The summed E-state index contributed by atoms with van der Waals surface area (Å²) in [6.07, 6.45) is 0.0184. The smallest absolute Gasteiger partial charge is 0.321 e. The zero-order chi connectivity index (χ0) is 14.3. The van der Waals surface area contributed by atoms with Crippen molar-refractivity contribution in [2.75, 3.05) is 19.0 Å². The lowest BCUT2D eigenvalue weighted by molar-refractivity contribution is -0.139. The molecule has 0 saturated carbocycles. The number of anilines is 1. The maximum Gasteiger partial charge on any atom is 0.321 e. The molecule has 2 amide bonds.